The second-order valence-electron chi connectivity index (χ2n) is 5.27. The maximum Gasteiger partial charge on any atom is 0.163 e. The molecule has 1 aromatic carbocycles. The number of methoxy groups -OCH3 is 1. The number of carbonyl (C=O) groups excluding carboxylic acids is 1. The molecule has 18 heavy (non-hydrogen) atoms. The topological polar surface area (TPSA) is 35.5 Å². The molecule has 0 radical (unpaired) electrons. The zero-order chi connectivity index (χ0) is 13.2. The third-order valence-electron chi connectivity index (χ3n) is 3.55. The van der Waals surface area contributed by atoms with Crippen LogP contribution in [0.2, 0.25) is 0 Å². The van der Waals surface area contributed by atoms with Gasteiger partial charge in [0.1, 0.15) is 5.75 Å². The summed E-state index contributed by atoms with van der Waals surface area (Å²) in [7, 11) is 1.71. The average molecular weight is 248 g/mol. The van der Waals surface area contributed by atoms with Gasteiger partial charge in [0.05, 0.1) is 12.2 Å². The second kappa shape index (κ2) is 5.11. The lowest BCUT2D eigenvalue weighted by atomic mass is 10.1. The zero-order valence-corrected chi connectivity index (χ0v) is 11.3. The van der Waals surface area contributed by atoms with Gasteiger partial charge in [0.25, 0.3) is 0 Å². The van der Waals surface area contributed by atoms with Crippen molar-refractivity contribution in [3.8, 4) is 5.75 Å². The van der Waals surface area contributed by atoms with Crippen LogP contribution in [0.1, 0.15) is 42.6 Å². The maximum absolute atomic E-state index is 11.6. The quantitative estimate of drug-likeness (QED) is 0.803. The first-order chi connectivity index (χ1) is 8.53. The fraction of sp³-hybridized carbons (Fsp3) is 0.533. The Morgan fingerprint density at radius 1 is 1.28 bits per heavy atom. The summed E-state index contributed by atoms with van der Waals surface area (Å²) in [6.07, 6.45) is 2.23. The summed E-state index contributed by atoms with van der Waals surface area (Å²) >= 11 is 0. The first-order valence-corrected chi connectivity index (χ1v) is 6.36. The highest BCUT2D eigenvalue weighted by molar-refractivity contribution is 6.01. The second-order valence-corrected chi connectivity index (χ2v) is 5.27. The number of carbonyl (C=O) groups is 1. The van der Waals surface area contributed by atoms with Gasteiger partial charge in [-0.1, -0.05) is 12.1 Å². The molecule has 1 aliphatic rings. The van der Waals surface area contributed by atoms with Crippen LogP contribution in [0.25, 0.3) is 0 Å². The van der Waals surface area contributed by atoms with Gasteiger partial charge in [-0.2, -0.15) is 0 Å². The van der Waals surface area contributed by atoms with E-state index >= 15 is 0 Å². The molecule has 0 heterocycles. The van der Waals surface area contributed by atoms with Gasteiger partial charge >= 0.3 is 0 Å². The van der Waals surface area contributed by atoms with E-state index in [0.29, 0.717) is 13.0 Å². The van der Waals surface area contributed by atoms with Crippen molar-refractivity contribution in [1.82, 2.24) is 0 Å². The number of hydrogen-bond donors (Lipinski definition) is 0. The van der Waals surface area contributed by atoms with E-state index in [1.165, 1.54) is 0 Å². The molecule has 0 N–H and O–H groups in total. The van der Waals surface area contributed by atoms with Crippen molar-refractivity contribution in [1.29, 1.82) is 0 Å². The van der Waals surface area contributed by atoms with Crippen LogP contribution in [-0.2, 0) is 11.2 Å². The summed E-state index contributed by atoms with van der Waals surface area (Å²) in [5, 5.41) is 0. The average Bonchev–Trinajstić information content (AvgIpc) is 2.72. The Balaban J connectivity index is 2.01. The molecule has 2 rings (SSSR count). The minimum Gasteiger partial charge on any atom is -0.493 e. The molecule has 0 unspecified atom stereocenters. The van der Waals surface area contributed by atoms with Crippen LogP contribution in [0.4, 0.5) is 0 Å². The van der Waals surface area contributed by atoms with E-state index in [2.05, 4.69) is 0 Å². The fourth-order valence-corrected chi connectivity index (χ4v) is 2.10. The third-order valence-corrected chi connectivity index (χ3v) is 3.55. The molecule has 0 aliphatic heterocycles. The first-order valence-electron chi connectivity index (χ1n) is 6.36. The van der Waals surface area contributed by atoms with Crippen LogP contribution in [0.15, 0.2) is 18.2 Å². The minimum atomic E-state index is -0.173. The van der Waals surface area contributed by atoms with Crippen molar-refractivity contribution < 1.29 is 14.3 Å². The van der Waals surface area contributed by atoms with Crippen LogP contribution in [0, 0.1) is 0 Å². The van der Waals surface area contributed by atoms with Gasteiger partial charge in [-0.25, -0.2) is 0 Å². The lowest BCUT2D eigenvalue weighted by Gasteiger charge is -2.23. The molecule has 3 nitrogen and oxygen atoms in total. The number of Topliss-reactive ketones (excluding diaryl/α,β-unsaturated/α-hetero) is 1. The summed E-state index contributed by atoms with van der Waals surface area (Å²) in [5.41, 5.74) is 1.73. The summed E-state index contributed by atoms with van der Waals surface area (Å²) in [6, 6.07) is 5.71. The van der Waals surface area contributed by atoms with E-state index in [0.717, 1.165) is 29.7 Å². The van der Waals surface area contributed by atoms with Crippen molar-refractivity contribution in [3.05, 3.63) is 29.3 Å². The normalized spacial score (nSPS) is 14.7. The Labute approximate surface area is 108 Å². The van der Waals surface area contributed by atoms with Gasteiger partial charge < -0.3 is 9.47 Å². The molecule has 0 fully saturated rings. The largest absolute Gasteiger partial charge is 0.493 e. The zero-order valence-electron chi connectivity index (χ0n) is 11.3. The molecular formula is C15H20O3. The Morgan fingerprint density at radius 3 is 2.78 bits per heavy atom. The van der Waals surface area contributed by atoms with Crippen LogP contribution in [0.5, 0.6) is 5.75 Å². The number of rotatable bonds is 5. The number of hydrogen-bond acceptors (Lipinski definition) is 3. The number of fused-ring (bicyclic) bond motifs is 1. The van der Waals surface area contributed by atoms with Crippen molar-refractivity contribution in [3.63, 3.8) is 0 Å². The highest BCUT2D eigenvalue weighted by atomic mass is 16.5. The molecule has 0 bridgehead atoms. The molecule has 98 valence electrons. The Hall–Kier alpha value is -1.35. The first kappa shape index (κ1) is 13.1. The van der Waals surface area contributed by atoms with Crippen LogP contribution < -0.4 is 4.74 Å². The highest BCUT2D eigenvalue weighted by Crippen LogP contribution is 2.30. The number of benzene rings is 1. The summed E-state index contributed by atoms with van der Waals surface area (Å²) in [5.74, 6) is 1.08. The SMILES string of the molecule is COC(C)(C)CCOc1cccc2c1CCC2=O. The van der Waals surface area contributed by atoms with Gasteiger partial charge in [0.15, 0.2) is 5.78 Å². The summed E-state index contributed by atoms with van der Waals surface area (Å²) in [4.78, 5) is 11.6. The molecule has 0 saturated heterocycles. The van der Waals surface area contributed by atoms with Gasteiger partial charge in [0.2, 0.25) is 0 Å². The van der Waals surface area contributed by atoms with Crippen molar-refractivity contribution >= 4 is 5.78 Å². The van der Waals surface area contributed by atoms with Gasteiger partial charge in [-0.15, -0.1) is 0 Å². The monoisotopic (exact) mass is 248 g/mol. The highest BCUT2D eigenvalue weighted by Gasteiger charge is 2.23. The van der Waals surface area contributed by atoms with E-state index in [-0.39, 0.29) is 11.4 Å². The minimum absolute atomic E-state index is 0.173. The standard InChI is InChI=1S/C15H20O3/c1-15(2,17-3)9-10-18-14-6-4-5-11-12(14)7-8-13(11)16/h4-6H,7-10H2,1-3H3. The van der Waals surface area contributed by atoms with Gasteiger partial charge in [0, 0.05) is 31.1 Å². The summed E-state index contributed by atoms with van der Waals surface area (Å²) < 4.78 is 11.2. The molecule has 0 aromatic heterocycles. The van der Waals surface area contributed by atoms with Crippen molar-refractivity contribution in [2.45, 2.75) is 38.7 Å². The smallest absolute Gasteiger partial charge is 0.163 e. The predicted octanol–water partition coefficient (Wildman–Crippen LogP) is 3.01. The van der Waals surface area contributed by atoms with Crippen LogP contribution in [0.3, 0.4) is 0 Å². The summed E-state index contributed by atoms with van der Waals surface area (Å²) in [6.45, 7) is 4.68. The molecule has 0 amide bonds. The van der Waals surface area contributed by atoms with Crippen molar-refractivity contribution in [2.24, 2.45) is 0 Å². The molecule has 3 heteroatoms. The Morgan fingerprint density at radius 2 is 2.06 bits per heavy atom. The molecule has 0 spiro atoms. The molecule has 0 atom stereocenters. The van der Waals surface area contributed by atoms with E-state index in [9.17, 15) is 4.79 Å². The molecule has 0 saturated carbocycles. The van der Waals surface area contributed by atoms with E-state index < -0.39 is 0 Å². The van der Waals surface area contributed by atoms with E-state index in [4.69, 9.17) is 9.47 Å². The number of ketones is 1. The van der Waals surface area contributed by atoms with Gasteiger partial charge in [-0.05, 0) is 26.3 Å². The fourth-order valence-electron chi connectivity index (χ4n) is 2.10. The van der Waals surface area contributed by atoms with E-state index in [1.54, 1.807) is 7.11 Å². The van der Waals surface area contributed by atoms with Gasteiger partial charge in [-0.3, -0.25) is 4.79 Å². The number of ether oxygens (including phenoxy) is 2. The maximum atomic E-state index is 11.6. The lowest BCUT2D eigenvalue weighted by molar-refractivity contribution is 0.00538. The van der Waals surface area contributed by atoms with E-state index in [1.807, 2.05) is 32.0 Å². The lowest BCUT2D eigenvalue weighted by Crippen LogP contribution is -2.25. The Kier molecular flexibility index (Phi) is 3.71. The molecular weight excluding hydrogens is 228 g/mol. The molecule has 1 aromatic rings. The van der Waals surface area contributed by atoms with Crippen LogP contribution in [-0.4, -0.2) is 25.1 Å². The Bertz CT molecular complexity index is 449. The predicted molar refractivity (Wildman–Crippen MR) is 70.3 cm³/mol. The molecule has 1 aliphatic carbocycles. The third kappa shape index (κ3) is 2.72. The van der Waals surface area contributed by atoms with Crippen molar-refractivity contribution in [2.75, 3.05) is 13.7 Å². The van der Waals surface area contributed by atoms with Crippen LogP contribution >= 0.6 is 0 Å².